The lowest BCUT2D eigenvalue weighted by Gasteiger charge is -2.51. The molecule has 12 atom stereocenters. The van der Waals surface area contributed by atoms with Crippen LogP contribution in [0.2, 0.25) is 0 Å². The first-order valence-corrected chi connectivity index (χ1v) is 40.8. The Bertz CT molecular complexity index is 4330. The van der Waals surface area contributed by atoms with Crippen molar-refractivity contribution in [1.29, 1.82) is 5.41 Å². The molecule has 2 bridgehead atoms. The molecule has 0 aromatic heterocycles. The molecule has 4 fully saturated rings. The Hall–Kier alpha value is -12.5. The number of anilines is 1. The fraction of sp³-hybridized carbons (Fsp3) is 0.526. The molecule has 42 nitrogen and oxygen atoms in total. The number of carboxylic acids is 6. The number of likely N-dealkylation sites (tertiary alicyclic amines) is 1. The summed E-state index contributed by atoms with van der Waals surface area (Å²) in [6.07, 6.45) is -6.05. The van der Waals surface area contributed by atoms with Gasteiger partial charge in [0.1, 0.15) is 72.2 Å². The fourth-order valence-electron chi connectivity index (χ4n) is 14.3. The standard InChI is InChI=1S/C78H105N14O28P/c1-6-41(4)65(90-75(112)66-45-18-22-48(23-19-45)92(66)76(113)52(28-32-62(98)99)85-71(108)55(36-43-11-8-7-9-12-43)89-73(110)57(38-64(102)103)82-59(93)39-80-67(104)46-16-20-47(21-17-46)81-42(5)79)77(114)91-34-10-13-58(91)74(111)84-51(27-31-61(96)97)68(105)83-50(26-30-60(94)95)69(106)88-56(37-44-14-24-49(25-15-44)120-121(117,118)119)72(109)87-54(35-40(2)3)70(107)86-53(78(115)116)29-33-63(100)101/h7-9,11-12,14-17,20-21,24-25,40-41,45,48,50-58,65-66H,6,10,13,18-19,22-23,26-39H2,1-5H3,(H2,79,81)(H,80,104)(H,82,93)(H,83,105)(H,84,111)(H,85,108)(H,86,107)(H,87,109)(H,88,106)(H,89,110)(H,90,112)(H,94,95)(H,96,97)(H,98,99)(H,100,101)(H,102,103)(H,115,116)(H2,117,118,119)/t41-,45?,48?,50-,51-,52-,53+,54-,55-,56-,57-,58-,65-,66-/m0/s1. The van der Waals surface area contributed by atoms with Gasteiger partial charge in [-0.25, -0.2) is 9.36 Å². The van der Waals surface area contributed by atoms with Crippen molar-refractivity contribution in [3.05, 3.63) is 95.6 Å². The van der Waals surface area contributed by atoms with Gasteiger partial charge in [0.25, 0.3) is 5.91 Å². The van der Waals surface area contributed by atoms with E-state index < -0.39 is 276 Å². The van der Waals surface area contributed by atoms with E-state index in [1.165, 1.54) is 48.2 Å². The second-order valence-corrected chi connectivity index (χ2v) is 31.5. The molecule has 3 aliphatic heterocycles. The summed E-state index contributed by atoms with van der Waals surface area (Å²) in [5, 5.41) is 93.4. The van der Waals surface area contributed by atoms with Crippen LogP contribution in [-0.4, -0.2) is 248 Å². The molecule has 12 amide bonds. The summed E-state index contributed by atoms with van der Waals surface area (Å²) in [4.78, 5) is 267. The van der Waals surface area contributed by atoms with Crippen LogP contribution in [0, 0.1) is 23.2 Å². The number of piperidine rings is 2. The number of aliphatic carboxylic acids is 6. The molecule has 1 aliphatic carbocycles. The number of nitrogens with zero attached hydrogens (tertiary/aromatic N) is 2. The molecule has 121 heavy (non-hydrogen) atoms. The van der Waals surface area contributed by atoms with Crippen LogP contribution in [0.4, 0.5) is 5.69 Å². The maximum absolute atomic E-state index is 15.4. The first-order chi connectivity index (χ1) is 57.0. The van der Waals surface area contributed by atoms with E-state index in [2.05, 4.69) is 63.0 Å². The zero-order chi connectivity index (χ0) is 89.7. The van der Waals surface area contributed by atoms with Crippen LogP contribution in [0.1, 0.15) is 165 Å². The molecule has 1 saturated carbocycles. The summed E-state index contributed by atoms with van der Waals surface area (Å²) >= 11 is 0. The van der Waals surface area contributed by atoms with Crippen molar-refractivity contribution in [2.24, 2.45) is 17.8 Å². The van der Waals surface area contributed by atoms with Gasteiger partial charge >= 0.3 is 43.6 Å². The Morgan fingerprint density at radius 3 is 1.49 bits per heavy atom. The van der Waals surface area contributed by atoms with Crippen LogP contribution in [0.3, 0.4) is 0 Å². The minimum Gasteiger partial charge on any atom is -0.481 e. The summed E-state index contributed by atoms with van der Waals surface area (Å²) in [5.41, 5.74) is 1.16. The van der Waals surface area contributed by atoms with Crippen LogP contribution in [0.5, 0.6) is 5.75 Å². The SMILES string of the molecule is CC[C@H](C)[C@H](NC(=O)[C@@H]1C2CCC(CC2)N1C(=O)[C@H](CCC(=O)O)NC(=O)[C@H](Cc1ccccc1)NC(=O)[C@H](CC(=O)O)NC(=O)CNC(=O)c1ccc(NC(C)=N)cc1)C(=O)N1CCC[C@H]1C(=O)N[C@@H](CCC(=O)O)C(=O)N[C@@H](CCC(=O)O)C(=O)N[C@@H](Cc1ccc(OP(=O)(O)O)cc1)C(=O)N[C@@H](CC(C)C)C(=O)N[C@H](CCC(=O)O)C(=O)O. The maximum Gasteiger partial charge on any atom is 0.524 e. The van der Waals surface area contributed by atoms with Gasteiger partial charge in [0.05, 0.1) is 18.8 Å². The second-order valence-electron chi connectivity index (χ2n) is 30.3. The molecule has 4 aliphatic rings. The maximum atomic E-state index is 15.4. The Morgan fingerprint density at radius 1 is 0.512 bits per heavy atom. The van der Waals surface area contributed by atoms with E-state index in [0.717, 1.165) is 17.0 Å². The van der Waals surface area contributed by atoms with Crippen molar-refractivity contribution >= 4 is 126 Å². The summed E-state index contributed by atoms with van der Waals surface area (Å²) < 4.78 is 16.2. The van der Waals surface area contributed by atoms with E-state index >= 15 is 14.4 Å². The minimum absolute atomic E-state index is 0.0822. The third-order valence-corrected chi connectivity index (χ3v) is 20.9. The highest BCUT2D eigenvalue weighted by atomic mass is 31.2. The monoisotopic (exact) mass is 1720 g/mol. The summed E-state index contributed by atoms with van der Waals surface area (Å²) in [6.45, 7) is 7.19. The molecule has 20 N–H and O–H groups in total. The van der Waals surface area contributed by atoms with Crippen LogP contribution in [0.25, 0.3) is 0 Å². The zero-order valence-corrected chi connectivity index (χ0v) is 68.0. The minimum atomic E-state index is -5.09. The molecular weight excluding hydrogens is 1610 g/mol. The van der Waals surface area contributed by atoms with E-state index in [1.54, 1.807) is 58.0 Å². The highest BCUT2D eigenvalue weighted by molar-refractivity contribution is 7.46. The molecule has 0 spiro atoms. The molecule has 7 rings (SSSR count). The van der Waals surface area contributed by atoms with Crippen LogP contribution in [0.15, 0.2) is 78.9 Å². The number of phosphoric ester groups is 1. The van der Waals surface area contributed by atoms with Gasteiger partial charge in [-0.2, -0.15) is 0 Å². The number of carbonyl (C=O) groups excluding carboxylic acids is 12. The van der Waals surface area contributed by atoms with E-state index in [1.807, 2.05) is 0 Å². The number of rotatable bonds is 48. The number of phosphoric acid groups is 1. The molecule has 3 aromatic rings. The highest BCUT2D eigenvalue weighted by Gasteiger charge is 2.51. The smallest absolute Gasteiger partial charge is 0.481 e. The van der Waals surface area contributed by atoms with E-state index in [9.17, 15) is 117 Å². The summed E-state index contributed by atoms with van der Waals surface area (Å²) in [5.74, 6) is -23.4. The number of carbonyl (C=O) groups is 18. The molecule has 660 valence electrons. The second kappa shape index (κ2) is 46.2. The van der Waals surface area contributed by atoms with Crippen LogP contribution < -0.4 is 63.0 Å². The number of amides is 12. The van der Waals surface area contributed by atoms with Crippen molar-refractivity contribution in [3.63, 3.8) is 0 Å². The van der Waals surface area contributed by atoms with Gasteiger partial charge in [-0.05, 0) is 143 Å². The third kappa shape index (κ3) is 31.3. The quantitative estimate of drug-likeness (QED) is 0.0201. The van der Waals surface area contributed by atoms with Gasteiger partial charge < -0.3 is 103 Å². The lowest BCUT2D eigenvalue weighted by molar-refractivity contribution is -0.157. The summed E-state index contributed by atoms with van der Waals surface area (Å²) in [6, 6.07) is -0.775. The highest BCUT2D eigenvalue weighted by Crippen LogP contribution is 2.41. The molecule has 0 radical (unpaired) electrons. The Balaban J connectivity index is 1.23. The largest absolute Gasteiger partial charge is 0.524 e. The van der Waals surface area contributed by atoms with E-state index in [0.29, 0.717) is 36.9 Å². The average Bonchev–Trinajstić information content (AvgIpc) is 0.786. The Labute approximate surface area is 694 Å². The fourth-order valence-corrected chi connectivity index (χ4v) is 14.7. The van der Waals surface area contributed by atoms with Gasteiger partial charge in [0, 0.05) is 62.4 Å². The van der Waals surface area contributed by atoms with Gasteiger partial charge in [-0.3, -0.25) is 96.7 Å². The van der Waals surface area contributed by atoms with Crippen molar-refractivity contribution in [3.8, 4) is 5.75 Å². The lowest BCUT2D eigenvalue weighted by atomic mass is 9.73. The zero-order valence-electron chi connectivity index (χ0n) is 67.1. The van der Waals surface area contributed by atoms with Gasteiger partial charge in [0.2, 0.25) is 65.0 Å². The third-order valence-electron chi connectivity index (χ3n) is 20.5. The number of carboxylic acid groups (broad SMARTS) is 6. The molecule has 3 heterocycles. The number of nitrogens with one attached hydrogen (secondary N) is 12. The van der Waals surface area contributed by atoms with E-state index in [4.69, 9.17) is 5.41 Å². The number of amidine groups is 1. The van der Waals surface area contributed by atoms with Crippen molar-refractivity contribution in [1.82, 2.24) is 63.0 Å². The van der Waals surface area contributed by atoms with Crippen molar-refractivity contribution < 1.29 is 136 Å². The molecule has 3 saturated heterocycles. The number of fused-ring (bicyclic) bond motifs is 3. The van der Waals surface area contributed by atoms with Crippen molar-refractivity contribution in [2.45, 2.75) is 229 Å². The van der Waals surface area contributed by atoms with Gasteiger partial charge in [-0.1, -0.05) is 76.6 Å². The number of hydrogen-bond donors (Lipinski definition) is 20. The predicted octanol–water partition coefficient (Wildman–Crippen LogP) is 0.0169. The molecule has 43 heteroatoms. The van der Waals surface area contributed by atoms with Crippen LogP contribution in [-0.2, 0) is 98.9 Å². The van der Waals surface area contributed by atoms with E-state index in [-0.39, 0.29) is 61.4 Å². The average molecular weight is 1720 g/mol. The first kappa shape index (κ1) is 97.4. The van der Waals surface area contributed by atoms with Crippen LogP contribution >= 0.6 is 7.82 Å². The molecule has 0 unspecified atom stereocenters. The topological polar surface area (TPSA) is 658 Å². The Morgan fingerprint density at radius 2 is 0.983 bits per heavy atom. The first-order valence-electron chi connectivity index (χ1n) is 39.3. The number of benzene rings is 3. The lowest BCUT2D eigenvalue weighted by Crippen LogP contribution is -2.68. The van der Waals surface area contributed by atoms with Crippen molar-refractivity contribution in [2.75, 3.05) is 18.4 Å². The summed E-state index contributed by atoms with van der Waals surface area (Å²) in [7, 11) is -5.09. The van der Waals surface area contributed by atoms with Gasteiger partial charge in [0.15, 0.2) is 0 Å². The number of hydrogen-bond acceptors (Lipinski definition) is 21. The molecule has 3 aromatic carbocycles. The molecular formula is C78H105N14O28P. The predicted molar refractivity (Wildman–Crippen MR) is 424 cm³/mol. The van der Waals surface area contributed by atoms with Gasteiger partial charge in [-0.15, -0.1) is 0 Å². The normalized spacial score (nSPS) is 17.9. The Kier molecular flexibility index (Phi) is 37.2.